The minimum Gasteiger partial charge on any atom is -0.493 e. The zero-order chi connectivity index (χ0) is 27.7. The number of pyridine rings is 1. The van der Waals surface area contributed by atoms with Crippen LogP contribution >= 0.6 is 0 Å². The third-order valence-corrected chi connectivity index (χ3v) is 8.47. The van der Waals surface area contributed by atoms with Gasteiger partial charge in [-0.1, -0.05) is 20.8 Å². The lowest BCUT2D eigenvalue weighted by Crippen LogP contribution is -2.41. The smallest absolute Gasteiger partial charge is 0.268 e. The monoisotopic (exact) mass is 546 g/mol. The Hall–Kier alpha value is -2.72. The van der Waals surface area contributed by atoms with Crippen molar-refractivity contribution in [2.24, 2.45) is 17.8 Å². The van der Waals surface area contributed by atoms with E-state index in [2.05, 4.69) is 35.7 Å². The summed E-state index contributed by atoms with van der Waals surface area (Å²) in [6.07, 6.45) is 1.65. The average Bonchev–Trinajstić information content (AvgIpc) is 3.41. The second-order valence-electron chi connectivity index (χ2n) is 11.8. The largest absolute Gasteiger partial charge is 0.493 e. The number of rotatable bonds is 9. The van der Waals surface area contributed by atoms with E-state index in [1.54, 1.807) is 18.2 Å². The fourth-order valence-electron chi connectivity index (χ4n) is 5.41. The molecule has 2 fully saturated rings. The number of hydrogen-bond acceptors (Lipinski definition) is 7. The van der Waals surface area contributed by atoms with Gasteiger partial charge < -0.3 is 15.0 Å². The summed E-state index contributed by atoms with van der Waals surface area (Å²) in [6.45, 7) is 12.8. The van der Waals surface area contributed by atoms with Gasteiger partial charge in [-0.15, -0.1) is 0 Å². The Morgan fingerprint density at radius 2 is 2.05 bits per heavy atom. The zero-order valence-corrected chi connectivity index (χ0v) is 23.7. The van der Waals surface area contributed by atoms with Gasteiger partial charge >= 0.3 is 0 Å². The number of halogens is 1. The highest BCUT2D eigenvalue weighted by molar-refractivity contribution is 7.90. The van der Waals surface area contributed by atoms with Crippen LogP contribution in [0, 0.1) is 23.6 Å². The summed E-state index contributed by atoms with van der Waals surface area (Å²) >= 11 is 0. The number of carbonyl (C=O) groups excluding carboxylic acids is 1. The maximum Gasteiger partial charge on any atom is 0.268 e. The van der Waals surface area contributed by atoms with Crippen LogP contribution in [0.25, 0.3) is 11.3 Å². The van der Waals surface area contributed by atoms with E-state index in [4.69, 9.17) is 9.72 Å². The molecule has 2 atom stereocenters. The van der Waals surface area contributed by atoms with Crippen molar-refractivity contribution in [3.05, 3.63) is 41.7 Å². The number of amides is 1. The SMILES string of the molecule is CC(C)COc1cc(F)cc(-c2ccc(C(=O)NS(=O)(=O)C[C@@H]3CCNC3)c(N3C[C@@H](C)CC3(C)C)n2)c1. The first-order chi connectivity index (χ1) is 17.8. The zero-order valence-electron chi connectivity index (χ0n) is 22.9. The molecule has 1 aromatic carbocycles. The Morgan fingerprint density at radius 3 is 2.68 bits per heavy atom. The molecule has 38 heavy (non-hydrogen) atoms. The molecule has 0 aliphatic carbocycles. The molecule has 3 heterocycles. The van der Waals surface area contributed by atoms with Crippen molar-refractivity contribution in [2.75, 3.05) is 36.9 Å². The number of nitrogens with one attached hydrogen (secondary N) is 2. The second-order valence-corrected chi connectivity index (χ2v) is 13.5. The van der Waals surface area contributed by atoms with E-state index >= 15 is 0 Å². The van der Waals surface area contributed by atoms with Crippen LogP contribution in [0.5, 0.6) is 5.75 Å². The molecule has 2 aliphatic heterocycles. The molecule has 4 rings (SSSR count). The topological polar surface area (TPSA) is 101 Å². The molecule has 0 radical (unpaired) electrons. The molecule has 2 N–H and O–H groups in total. The van der Waals surface area contributed by atoms with E-state index in [1.165, 1.54) is 12.1 Å². The Labute approximate surface area is 225 Å². The maximum absolute atomic E-state index is 14.5. The average molecular weight is 547 g/mol. The molecule has 2 aromatic rings. The number of aromatic nitrogens is 1. The van der Waals surface area contributed by atoms with Crippen LogP contribution in [0.3, 0.4) is 0 Å². The van der Waals surface area contributed by atoms with Crippen LogP contribution in [-0.4, -0.2) is 56.8 Å². The maximum atomic E-state index is 14.5. The predicted molar refractivity (Wildman–Crippen MR) is 147 cm³/mol. The number of carbonyl (C=O) groups is 1. The number of sulfonamides is 1. The molecule has 8 nitrogen and oxygen atoms in total. The highest BCUT2D eigenvalue weighted by Crippen LogP contribution is 2.38. The summed E-state index contributed by atoms with van der Waals surface area (Å²) in [5.74, 6) is 0.136. The highest BCUT2D eigenvalue weighted by atomic mass is 32.2. The van der Waals surface area contributed by atoms with E-state index in [-0.39, 0.29) is 28.7 Å². The molecular weight excluding hydrogens is 507 g/mol. The van der Waals surface area contributed by atoms with Gasteiger partial charge in [-0.25, -0.2) is 22.5 Å². The lowest BCUT2D eigenvalue weighted by atomic mass is 9.97. The van der Waals surface area contributed by atoms with Crippen LogP contribution in [0.15, 0.2) is 30.3 Å². The summed E-state index contributed by atoms with van der Waals surface area (Å²) in [5, 5.41) is 3.15. The molecule has 2 aliphatic rings. The first kappa shape index (κ1) is 28.3. The third kappa shape index (κ3) is 6.83. The van der Waals surface area contributed by atoms with Crippen LogP contribution in [0.4, 0.5) is 10.2 Å². The molecule has 1 amide bonds. The fraction of sp³-hybridized carbons (Fsp3) is 0.571. The van der Waals surface area contributed by atoms with Crippen molar-refractivity contribution in [3.8, 4) is 17.0 Å². The molecule has 1 aromatic heterocycles. The van der Waals surface area contributed by atoms with Gasteiger partial charge in [-0.3, -0.25) is 4.79 Å². The fourth-order valence-corrected chi connectivity index (χ4v) is 6.79. The van der Waals surface area contributed by atoms with Gasteiger partial charge in [0.15, 0.2) is 0 Å². The van der Waals surface area contributed by atoms with Gasteiger partial charge in [-0.2, -0.15) is 0 Å². The van der Waals surface area contributed by atoms with Gasteiger partial charge in [0.2, 0.25) is 10.0 Å². The minimum atomic E-state index is -3.83. The molecule has 208 valence electrons. The van der Waals surface area contributed by atoms with Crippen molar-refractivity contribution in [3.63, 3.8) is 0 Å². The molecular formula is C28H39FN4O4S. The Kier molecular flexibility index (Phi) is 8.32. The van der Waals surface area contributed by atoms with E-state index in [0.29, 0.717) is 48.4 Å². The Morgan fingerprint density at radius 1 is 1.29 bits per heavy atom. The normalized spacial score (nSPS) is 21.2. The number of benzene rings is 1. The second kappa shape index (κ2) is 11.2. The summed E-state index contributed by atoms with van der Waals surface area (Å²) in [4.78, 5) is 20.2. The van der Waals surface area contributed by atoms with Gasteiger partial charge in [-0.05, 0) is 81.8 Å². The van der Waals surface area contributed by atoms with Gasteiger partial charge in [0, 0.05) is 23.7 Å². The Balaban J connectivity index is 1.70. The molecule has 0 spiro atoms. The third-order valence-electron chi connectivity index (χ3n) is 7.06. The van der Waals surface area contributed by atoms with E-state index in [9.17, 15) is 17.6 Å². The van der Waals surface area contributed by atoms with Crippen LogP contribution < -0.4 is 19.7 Å². The molecule has 0 saturated carbocycles. The van der Waals surface area contributed by atoms with Crippen LogP contribution in [-0.2, 0) is 10.0 Å². The number of ether oxygens (including phenoxy) is 1. The predicted octanol–water partition coefficient (Wildman–Crippen LogP) is 4.22. The molecule has 0 bridgehead atoms. The van der Waals surface area contributed by atoms with Gasteiger partial charge in [0.05, 0.1) is 23.6 Å². The quantitative estimate of drug-likeness (QED) is 0.486. The van der Waals surface area contributed by atoms with Crippen molar-refractivity contribution < 1.29 is 22.3 Å². The first-order valence-corrected chi connectivity index (χ1v) is 15.0. The van der Waals surface area contributed by atoms with Crippen LogP contribution in [0.1, 0.15) is 57.8 Å². The standard InChI is InChI=1S/C28H39FN4O4S/c1-18(2)16-37-23-11-21(10-22(29)12-23)25-7-6-24(26(31-25)33-15-19(3)13-28(33,4)5)27(34)32-38(35,36)17-20-8-9-30-14-20/h6-7,10-12,18-20,30H,8-9,13-17H2,1-5H3,(H,32,34)/t19-,20+/m0/s1. The summed E-state index contributed by atoms with van der Waals surface area (Å²) in [7, 11) is -3.83. The number of hydrogen-bond donors (Lipinski definition) is 2. The lowest BCUT2D eigenvalue weighted by molar-refractivity contribution is 0.0981. The van der Waals surface area contributed by atoms with Crippen molar-refractivity contribution in [2.45, 2.75) is 53.0 Å². The first-order valence-electron chi connectivity index (χ1n) is 13.3. The van der Waals surface area contributed by atoms with Crippen LogP contribution in [0.2, 0.25) is 0 Å². The van der Waals surface area contributed by atoms with Crippen molar-refractivity contribution >= 4 is 21.7 Å². The highest BCUT2D eigenvalue weighted by Gasteiger charge is 2.39. The summed E-state index contributed by atoms with van der Waals surface area (Å²) in [6, 6.07) is 7.66. The molecule has 10 heteroatoms. The van der Waals surface area contributed by atoms with Crippen molar-refractivity contribution in [1.29, 1.82) is 0 Å². The number of nitrogens with zero attached hydrogens (tertiary/aromatic N) is 2. The number of anilines is 1. The minimum absolute atomic E-state index is 0.0290. The lowest BCUT2D eigenvalue weighted by Gasteiger charge is -2.34. The van der Waals surface area contributed by atoms with Gasteiger partial charge in [0.1, 0.15) is 17.4 Å². The Bertz CT molecular complexity index is 1280. The van der Waals surface area contributed by atoms with Crippen molar-refractivity contribution in [1.82, 2.24) is 15.0 Å². The molecule has 2 saturated heterocycles. The van der Waals surface area contributed by atoms with Gasteiger partial charge in [0.25, 0.3) is 5.91 Å². The summed E-state index contributed by atoms with van der Waals surface area (Å²) in [5.41, 5.74) is 0.864. The van der Waals surface area contributed by atoms with E-state index in [1.807, 2.05) is 13.8 Å². The molecule has 0 unspecified atom stereocenters. The van der Waals surface area contributed by atoms with E-state index < -0.39 is 21.7 Å². The van der Waals surface area contributed by atoms with E-state index in [0.717, 1.165) is 19.4 Å². The summed E-state index contributed by atoms with van der Waals surface area (Å²) < 4.78 is 48.1.